The lowest BCUT2D eigenvalue weighted by Gasteiger charge is -2.38. The van der Waals surface area contributed by atoms with Gasteiger partial charge >= 0.3 is 0 Å². The van der Waals surface area contributed by atoms with Crippen LogP contribution in [-0.2, 0) is 0 Å². The SMILES string of the molecule is CC(C)(C)[Si](C)(C)C(O)C#Cc1ccc(Cl)cc1. The zero-order valence-electron chi connectivity index (χ0n) is 11.7. The molecule has 0 aromatic heterocycles. The van der Waals surface area contributed by atoms with E-state index in [2.05, 4.69) is 45.7 Å². The average molecular weight is 281 g/mol. The molecule has 0 aliphatic rings. The lowest BCUT2D eigenvalue weighted by molar-refractivity contribution is 0.292. The van der Waals surface area contributed by atoms with Crippen LogP contribution in [0.15, 0.2) is 24.3 Å². The van der Waals surface area contributed by atoms with Crippen molar-refractivity contribution in [1.82, 2.24) is 0 Å². The fourth-order valence-electron chi connectivity index (χ4n) is 1.28. The molecule has 1 N–H and O–H groups in total. The predicted octanol–water partition coefficient (Wildman–Crippen LogP) is 4.10. The Bertz CT molecular complexity index is 460. The van der Waals surface area contributed by atoms with Gasteiger partial charge in [0.15, 0.2) is 0 Å². The first-order valence-corrected chi connectivity index (χ1v) is 9.55. The smallest absolute Gasteiger partial charge is 0.103 e. The van der Waals surface area contributed by atoms with E-state index in [1.165, 1.54) is 0 Å². The fraction of sp³-hybridized carbons (Fsp3) is 0.467. The molecule has 1 atom stereocenters. The van der Waals surface area contributed by atoms with Crippen molar-refractivity contribution < 1.29 is 5.11 Å². The lowest BCUT2D eigenvalue weighted by atomic mass is 10.2. The van der Waals surface area contributed by atoms with Crippen LogP contribution in [0.5, 0.6) is 0 Å². The Hall–Kier alpha value is -0.753. The zero-order chi connectivity index (χ0) is 14.0. The monoisotopic (exact) mass is 280 g/mol. The van der Waals surface area contributed by atoms with Crippen LogP contribution >= 0.6 is 11.6 Å². The minimum atomic E-state index is -1.82. The molecule has 0 spiro atoms. The number of aliphatic hydroxyl groups excluding tert-OH is 1. The molecular weight excluding hydrogens is 260 g/mol. The maximum absolute atomic E-state index is 10.3. The standard InChI is InChI=1S/C15H21ClOSi/c1-15(2,3)18(4,5)14(17)11-8-12-6-9-13(16)10-7-12/h6-7,9-10,14,17H,1-5H3. The number of rotatable bonds is 1. The summed E-state index contributed by atoms with van der Waals surface area (Å²) < 4.78 is 0. The van der Waals surface area contributed by atoms with Gasteiger partial charge in [-0.2, -0.15) is 0 Å². The van der Waals surface area contributed by atoms with E-state index < -0.39 is 13.8 Å². The summed E-state index contributed by atoms with van der Waals surface area (Å²) in [7, 11) is -1.82. The number of hydrogen-bond acceptors (Lipinski definition) is 1. The van der Waals surface area contributed by atoms with Crippen molar-refractivity contribution >= 4 is 19.7 Å². The van der Waals surface area contributed by atoms with Gasteiger partial charge in [0.2, 0.25) is 0 Å². The van der Waals surface area contributed by atoms with Crippen molar-refractivity contribution in [3.63, 3.8) is 0 Å². The lowest BCUT2D eigenvalue weighted by Crippen LogP contribution is -2.48. The highest BCUT2D eigenvalue weighted by Gasteiger charge is 2.40. The van der Waals surface area contributed by atoms with Crippen molar-refractivity contribution in [3.05, 3.63) is 34.9 Å². The summed E-state index contributed by atoms with van der Waals surface area (Å²) in [5, 5.41) is 11.1. The van der Waals surface area contributed by atoms with Gasteiger partial charge in [-0.1, -0.05) is 57.3 Å². The molecule has 0 radical (unpaired) electrons. The van der Waals surface area contributed by atoms with Crippen LogP contribution in [-0.4, -0.2) is 18.9 Å². The van der Waals surface area contributed by atoms with Gasteiger partial charge in [-0.15, -0.1) is 0 Å². The molecule has 0 aliphatic heterocycles. The van der Waals surface area contributed by atoms with Gasteiger partial charge in [-0.05, 0) is 29.3 Å². The Morgan fingerprint density at radius 1 is 1.17 bits per heavy atom. The number of aliphatic hydroxyl groups is 1. The predicted molar refractivity (Wildman–Crippen MR) is 81.5 cm³/mol. The molecule has 0 aliphatic carbocycles. The van der Waals surface area contributed by atoms with Crippen LogP contribution in [0.1, 0.15) is 26.3 Å². The third-order valence-corrected chi connectivity index (χ3v) is 9.44. The van der Waals surface area contributed by atoms with E-state index in [4.69, 9.17) is 11.6 Å². The molecule has 0 amide bonds. The molecular formula is C15H21ClOSi. The largest absolute Gasteiger partial charge is 0.384 e. The van der Waals surface area contributed by atoms with Gasteiger partial charge in [0, 0.05) is 10.6 Å². The van der Waals surface area contributed by atoms with Crippen LogP contribution in [0.3, 0.4) is 0 Å². The molecule has 1 rings (SSSR count). The van der Waals surface area contributed by atoms with Gasteiger partial charge in [-0.25, -0.2) is 0 Å². The summed E-state index contributed by atoms with van der Waals surface area (Å²) in [5.74, 6) is 6.02. The topological polar surface area (TPSA) is 20.2 Å². The molecule has 98 valence electrons. The Morgan fingerprint density at radius 3 is 2.11 bits per heavy atom. The first kappa shape index (κ1) is 15.3. The van der Waals surface area contributed by atoms with Crippen molar-refractivity contribution in [3.8, 4) is 11.8 Å². The third-order valence-electron chi connectivity index (χ3n) is 3.81. The summed E-state index contributed by atoms with van der Waals surface area (Å²) in [6.45, 7) is 10.9. The second-order valence-corrected chi connectivity index (χ2v) is 12.1. The minimum Gasteiger partial charge on any atom is -0.384 e. The number of halogens is 1. The second-order valence-electron chi connectivity index (χ2n) is 6.15. The summed E-state index contributed by atoms with van der Waals surface area (Å²) in [5.41, 5.74) is 0.366. The van der Waals surface area contributed by atoms with E-state index in [1.54, 1.807) is 0 Å². The normalized spacial score (nSPS) is 13.7. The average Bonchev–Trinajstić information content (AvgIpc) is 2.26. The quantitative estimate of drug-likeness (QED) is 0.607. The molecule has 0 saturated carbocycles. The number of benzene rings is 1. The maximum Gasteiger partial charge on any atom is 0.103 e. The van der Waals surface area contributed by atoms with Crippen molar-refractivity contribution in [1.29, 1.82) is 0 Å². The molecule has 0 bridgehead atoms. The van der Waals surface area contributed by atoms with Crippen LogP contribution < -0.4 is 0 Å². The fourth-order valence-corrected chi connectivity index (χ4v) is 2.65. The maximum atomic E-state index is 10.3. The highest BCUT2D eigenvalue weighted by atomic mass is 35.5. The Kier molecular flexibility index (Phi) is 4.66. The molecule has 1 aromatic rings. The highest BCUT2D eigenvalue weighted by molar-refractivity contribution is 6.81. The summed E-state index contributed by atoms with van der Waals surface area (Å²) in [6.07, 6.45) is 0. The molecule has 0 saturated heterocycles. The third kappa shape index (κ3) is 3.62. The van der Waals surface area contributed by atoms with Crippen molar-refractivity contribution in [2.75, 3.05) is 0 Å². The van der Waals surface area contributed by atoms with Crippen LogP contribution in [0.2, 0.25) is 23.2 Å². The van der Waals surface area contributed by atoms with E-state index in [0.29, 0.717) is 5.02 Å². The van der Waals surface area contributed by atoms with Crippen molar-refractivity contribution in [2.45, 2.75) is 44.6 Å². The van der Waals surface area contributed by atoms with E-state index in [1.807, 2.05) is 24.3 Å². The van der Waals surface area contributed by atoms with Gasteiger partial charge in [0.25, 0.3) is 0 Å². The van der Waals surface area contributed by atoms with E-state index in [-0.39, 0.29) is 5.04 Å². The Labute approximate surface area is 116 Å². The summed E-state index contributed by atoms with van der Waals surface area (Å²) >= 11 is 5.82. The van der Waals surface area contributed by atoms with Gasteiger partial charge in [-0.3, -0.25) is 0 Å². The molecule has 18 heavy (non-hydrogen) atoms. The van der Waals surface area contributed by atoms with E-state index in [9.17, 15) is 5.11 Å². The molecule has 1 unspecified atom stereocenters. The molecule has 1 aromatic carbocycles. The van der Waals surface area contributed by atoms with Gasteiger partial charge in [0.05, 0.1) is 0 Å². The van der Waals surface area contributed by atoms with Crippen LogP contribution in [0.25, 0.3) is 0 Å². The highest BCUT2D eigenvalue weighted by Crippen LogP contribution is 2.37. The van der Waals surface area contributed by atoms with Crippen LogP contribution in [0, 0.1) is 11.8 Å². The van der Waals surface area contributed by atoms with Crippen LogP contribution in [0.4, 0.5) is 0 Å². The molecule has 1 nitrogen and oxygen atoms in total. The number of hydrogen-bond donors (Lipinski definition) is 1. The molecule has 0 fully saturated rings. The molecule has 3 heteroatoms. The zero-order valence-corrected chi connectivity index (χ0v) is 13.5. The van der Waals surface area contributed by atoms with E-state index >= 15 is 0 Å². The first-order valence-electron chi connectivity index (χ1n) is 6.10. The van der Waals surface area contributed by atoms with E-state index in [0.717, 1.165) is 5.56 Å². The van der Waals surface area contributed by atoms with Gasteiger partial charge in [0.1, 0.15) is 13.8 Å². The molecule has 0 heterocycles. The van der Waals surface area contributed by atoms with Gasteiger partial charge < -0.3 is 5.11 Å². The summed E-state index contributed by atoms with van der Waals surface area (Å²) in [6, 6.07) is 7.36. The Morgan fingerprint density at radius 2 is 1.67 bits per heavy atom. The Balaban J connectivity index is 2.89. The second kappa shape index (κ2) is 5.48. The minimum absolute atomic E-state index is 0.126. The summed E-state index contributed by atoms with van der Waals surface area (Å²) in [4.78, 5) is 0. The van der Waals surface area contributed by atoms with Crippen molar-refractivity contribution in [2.24, 2.45) is 0 Å². The first-order chi connectivity index (χ1) is 8.14.